The predicted octanol–water partition coefficient (Wildman–Crippen LogP) is 2.97. The molecule has 0 radical (unpaired) electrons. The third kappa shape index (κ3) is 2.84. The number of hydrogen-bond acceptors (Lipinski definition) is 2. The molecule has 0 spiro atoms. The molecule has 4 nitrogen and oxygen atoms in total. The van der Waals surface area contributed by atoms with Crippen molar-refractivity contribution in [1.29, 1.82) is 0 Å². The van der Waals surface area contributed by atoms with E-state index in [2.05, 4.69) is 12.2 Å². The Bertz CT molecular complexity index is 596. The first-order chi connectivity index (χ1) is 10.1. The Morgan fingerprint density at radius 3 is 2.38 bits per heavy atom. The van der Waals surface area contributed by atoms with Gasteiger partial charge in [0.15, 0.2) is 0 Å². The first kappa shape index (κ1) is 13.9. The Labute approximate surface area is 124 Å². The van der Waals surface area contributed by atoms with E-state index in [1.165, 1.54) is 0 Å². The zero-order chi connectivity index (χ0) is 14.8. The van der Waals surface area contributed by atoms with E-state index in [1.807, 2.05) is 11.0 Å². The summed E-state index contributed by atoms with van der Waals surface area (Å²) in [6.45, 7) is 1.15. The van der Waals surface area contributed by atoms with Gasteiger partial charge in [-0.2, -0.15) is 0 Å². The minimum absolute atomic E-state index is 0.105. The molecule has 1 N–H and O–H groups in total. The van der Waals surface area contributed by atoms with Crippen molar-refractivity contribution < 1.29 is 14.7 Å². The zero-order valence-corrected chi connectivity index (χ0v) is 11.9. The molecule has 0 saturated heterocycles. The van der Waals surface area contributed by atoms with E-state index < -0.39 is 5.97 Å². The summed E-state index contributed by atoms with van der Waals surface area (Å²) >= 11 is 0. The molecule has 0 aromatic heterocycles. The van der Waals surface area contributed by atoms with Gasteiger partial charge in [-0.3, -0.25) is 4.79 Å². The Hall–Kier alpha value is -2.10. The maximum absolute atomic E-state index is 12.6. The lowest BCUT2D eigenvalue weighted by Crippen LogP contribution is -2.31. The number of carbonyl (C=O) groups excluding carboxylic acids is 1. The predicted molar refractivity (Wildman–Crippen MR) is 78.8 cm³/mol. The minimum atomic E-state index is -0.919. The smallest absolute Gasteiger partial charge is 0.335 e. The molecule has 4 heteroatoms. The van der Waals surface area contributed by atoms with Crippen LogP contribution in [0.15, 0.2) is 30.4 Å². The zero-order valence-electron chi connectivity index (χ0n) is 11.9. The number of carbonyl (C=O) groups is 2. The normalized spacial score (nSPS) is 18.4. The number of benzene rings is 1. The molecule has 2 aliphatic rings. The van der Waals surface area contributed by atoms with E-state index in [1.54, 1.807) is 12.1 Å². The third-order valence-corrected chi connectivity index (χ3v) is 4.37. The van der Waals surface area contributed by atoms with Crippen LogP contribution in [0.4, 0.5) is 0 Å². The van der Waals surface area contributed by atoms with Gasteiger partial charge in [0, 0.05) is 19.0 Å². The molecular weight excluding hydrogens is 266 g/mol. The molecule has 1 aliphatic carbocycles. The lowest BCUT2D eigenvalue weighted by molar-refractivity contribution is -0.136. The van der Waals surface area contributed by atoms with Gasteiger partial charge in [0.25, 0.3) is 0 Å². The summed E-state index contributed by atoms with van der Waals surface area (Å²) in [5, 5.41) is 9.04. The van der Waals surface area contributed by atoms with Gasteiger partial charge in [-0.25, -0.2) is 4.79 Å². The number of carboxylic acid groups (broad SMARTS) is 1. The number of rotatable bonds is 2. The molecule has 0 bridgehead atoms. The second kappa shape index (κ2) is 5.72. The highest BCUT2D eigenvalue weighted by Crippen LogP contribution is 2.28. The van der Waals surface area contributed by atoms with Gasteiger partial charge in [-0.15, -0.1) is 0 Å². The van der Waals surface area contributed by atoms with Gasteiger partial charge in [0.05, 0.1) is 5.56 Å². The van der Waals surface area contributed by atoms with Gasteiger partial charge >= 0.3 is 5.97 Å². The van der Waals surface area contributed by atoms with Crippen LogP contribution in [0.5, 0.6) is 0 Å². The molecule has 1 aromatic rings. The molecular formula is C17H19NO3. The summed E-state index contributed by atoms with van der Waals surface area (Å²) in [4.78, 5) is 25.5. The van der Waals surface area contributed by atoms with Crippen molar-refractivity contribution in [3.8, 4) is 0 Å². The SMILES string of the molecule is O=C(O)c1ccc2c(c1)CN(C(=O)C1CCC=CCC1)C2. The average Bonchev–Trinajstić information content (AvgIpc) is 2.71. The van der Waals surface area contributed by atoms with Crippen LogP contribution < -0.4 is 0 Å². The quantitative estimate of drug-likeness (QED) is 0.850. The summed E-state index contributed by atoms with van der Waals surface area (Å²) in [5.74, 6) is -0.600. The number of allylic oxidation sites excluding steroid dienone is 2. The van der Waals surface area contributed by atoms with E-state index in [4.69, 9.17) is 5.11 Å². The fourth-order valence-electron chi connectivity index (χ4n) is 3.16. The monoisotopic (exact) mass is 285 g/mol. The van der Waals surface area contributed by atoms with E-state index in [0.29, 0.717) is 18.7 Å². The number of amides is 1. The second-order valence-corrected chi connectivity index (χ2v) is 5.81. The fraction of sp³-hybridized carbons (Fsp3) is 0.412. The highest BCUT2D eigenvalue weighted by molar-refractivity contribution is 5.88. The topological polar surface area (TPSA) is 57.6 Å². The van der Waals surface area contributed by atoms with E-state index >= 15 is 0 Å². The van der Waals surface area contributed by atoms with Crippen molar-refractivity contribution in [2.75, 3.05) is 0 Å². The molecule has 21 heavy (non-hydrogen) atoms. The molecule has 0 unspecified atom stereocenters. The van der Waals surface area contributed by atoms with Crippen LogP contribution in [0.1, 0.15) is 47.2 Å². The van der Waals surface area contributed by atoms with E-state index in [0.717, 1.165) is 36.8 Å². The molecule has 0 saturated carbocycles. The average molecular weight is 285 g/mol. The number of fused-ring (bicyclic) bond motifs is 1. The van der Waals surface area contributed by atoms with Crippen molar-refractivity contribution in [1.82, 2.24) is 4.90 Å². The Morgan fingerprint density at radius 2 is 1.71 bits per heavy atom. The summed E-state index contributed by atoms with van der Waals surface area (Å²) in [6, 6.07) is 5.14. The Balaban J connectivity index is 1.72. The third-order valence-electron chi connectivity index (χ3n) is 4.37. The molecule has 1 amide bonds. The maximum Gasteiger partial charge on any atom is 0.335 e. The van der Waals surface area contributed by atoms with Gasteiger partial charge in [-0.05, 0) is 48.9 Å². The minimum Gasteiger partial charge on any atom is -0.478 e. The second-order valence-electron chi connectivity index (χ2n) is 5.81. The van der Waals surface area contributed by atoms with Crippen molar-refractivity contribution in [3.63, 3.8) is 0 Å². The largest absolute Gasteiger partial charge is 0.478 e. The lowest BCUT2D eigenvalue weighted by atomic mass is 9.98. The Kier molecular flexibility index (Phi) is 3.78. The van der Waals surface area contributed by atoms with Gasteiger partial charge in [0.2, 0.25) is 5.91 Å². The number of carboxylic acids is 1. The van der Waals surface area contributed by atoms with Crippen molar-refractivity contribution >= 4 is 11.9 Å². The highest BCUT2D eigenvalue weighted by Gasteiger charge is 2.29. The van der Waals surface area contributed by atoms with Crippen LogP contribution in [0.3, 0.4) is 0 Å². The molecule has 0 fully saturated rings. The van der Waals surface area contributed by atoms with Crippen LogP contribution in [0.2, 0.25) is 0 Å². The number of nitrogens with zero attached hydrogens (tertiary/aromatic N) is 1. The summed E-state index contributed by atoms with van der Waals surface area (Å²) in [7, 11) is 0. The van der Waals surface area contributed by atoms with Crippen molar-refractivity contribution in [3.05, 3.63) is 47.0 Å². The molecule has 1 aliphatic heterocycles. The molecule has 1 aromatic carbocycles. The molecule has 1 heterocycles. The van der Waals surface area contributed by atoms with Crippen LogP contribution in [0, 0.1) is 5.92 Å². The molecule has 0 atom stereocenters. The summed E-state index contributed by atoms with van der Waals surface area (Å²) in [5.41, 5.74) is 2.33. The van der Waals surface area contributed by atoms with Crippen LogP contribution in [0.25, 0.3) is 0 Å². The van der Waals surface area contributed by atoms with Gasteiger partial charge in [-0.1, -0.05) is 18.2 Å². The van der Waals surface area contributed by atoms with Crippen LogP contribution in [-0.4, -0.2) is 21.9 Å². The standard InChI is InChI=1S/C17H19NO3/c19-16(12-5-3-1-2-4-6-12)18-10-14-8-7-13(17(20)21)9-15(14)11-18/h1-2,7-9,12H,3-6,10-11H2,(H,20,21). The Morgan fingerprint density at radius 1 is 1.05 bits per heavy atom. The molecule has 110 valence electrons. The summed E-state index contributed by atoms with van der Waals surface area (Å²) < 4.78 is 0. The fourth-order valence-corrected chi connectivity index (χ4v) is 3.16. The number of hydrogen-bond donors (Lipinski definition) is 1. The summed E-state index contributed by atoms with van der Waals surface area (Å²) in [6.07, 6.45) is 8.10. The van der Waals surface area contributed by atoms with Crippen molar-refractivity contribution in [2.45, 2.75) is 38.8 Å². The van der Waals surface area contributed by atoms with Crippen LogP contribution in [-0.2, 0) is 17.9 Å². The van der Waals surface area contributed by atoms with Crippen molar-refractivity contribution in [2.24, 2.45) is 5.92 Å². The lowest BCUT2D eigenvalue weighted by Gasteiger charge is -2.22. The first-order valence-electron chi connectivity index (χ1n) is 7.44. The van der Waals surface area contributed by atoms with Crippen LogP contribution >= 0.6 is 0 Å². The van der Waals surface area contributed by atoms with E-state index in [-0.39, 0.29) is 11.8 Å². The number of aromatic carboxylic acids is 1. The van der Waals surface area contributed by atoms with Gasteiger partial charge < -0.3 is 10.0 Å². The van der Waals surface area contributed by atoms with Gasteiger partial charge in [0.1, 0.15) is 0 Å². The highest BCUT2D eigenvalue weighted by atomic mass is 16.4. The maximum atomic E-state index is 12.6. The molecule has 3 rings (SSSR count). The first-order valence-corrected chi connectivity index (χ1v) is 7.44. The van der Waals surface area contributed by atoms with E-state index in [9.17, 15) is 9.59 Å².